The summed E-state index contributed by atoms with van der Waals surface area (Å²) in [7, 11) is 0. The van der Waals surface area contributed by atoms with Gasteiger partial charge in [0, 0.05) is 0 Å². The van der Waals surface area contributed by atoms with E-state index in [1.165, 1.54) is 6.92 Å². The zero-order valence-electron chi connectivity index (χ0n) is 10.9. The third kappa shape index (κ3) is 3.39. The lowest BCUT2D eigenvalue weighted by atomic mass is 10.1. The highest BCUT2D eigenvalue weighted by atomic mass is 19.4. The van der Waals surface area contributed by atoms with E-state index in [0.717, 1.165) is 5.01 Å². The van der Waals surface area contributed by atoms with E-state index in [4.69, 9.17) is 0 Å². The highest BCUT2D eigenvalue weighted by molar-refractivity contribution is 6.25. The minimum Gasteiger partial charge on any atom is -0.455 e. The number of alkyl halides is 3. The first-order chi connectivity index (χ1) is 9.79. The van der Waals surface area contributed by atoms with Gasteiger partial charge in [-0.1, -0.05) is 18.2 Å². The van der Waals surface area contributed by atoms with Crippen LogP contribution in [0, 0.1) is 5.92 Å². The van der Waals surface area contributed by atoms with Gasteiger partial charge in [0.25, 0.3) is 5.91 Å². The van der Waals surface area contributed by atoms with E-state index in [0.29, 0.717) is 5.69 Å². The molecule has 0 fully saturated rings. The molecule has 1 atom stereocenters. The first kappa shape index (κ1) is 15.0. The van der Waals surface area contributed by atoms with Gasteiger partial charge < -0.3 is 4.74 Å². The molecule has 0 bridgehead atoms. The van der Waals surface area contributed by atoms with E-state index >= 15 is 0 Å². The van der Waals surface area contributed by atoms with Crippen LogP contribution >= 0.6 is 0 Å². The molecule has 2 rings (SSSR count). The number of amides is 1. The molecule has 21 heavy (non-hydrogen) atoms. The normalized spacial score (nSPS) is 18.7. The van der Waals surface area contributed by atoms with Crippen LogP contribution in [0.1, 0.15) is 6.92 Å². The number of hydrazone groups is 1. The van der Waals surface area contributed by atoms with E-state index in [9.17, 15) is 22.8 Å². The Morgan fingerprint density at radius 3 is 2.52 bits per heavy atom. The molecular formula is C13H11F3N2O3. The van der Waals surface area contributed by atoms with Gasteiger partial charge >= 0.3 is 12.1 Å². The number of hydrogen-bond donors (Lipinski definition) is 0. The van der Waals surface area contributed by atoms with E-state index in [2.05, 4.69) is 9.84 Å². The Morgan fingerprint density at radius 2 is 1.95 bits per heavy atom. The second-order valence-corrected chi connectivity index (χ2v) is 4.38. The lowest BCUT2D eigenvalue weighted by molar-refractivity contribution is -0.187. The van der Waals surface area contributed by atoms with Crippen molar-refractivity contribution in [2.45, 2.75) is 13.1 Å². The SMILES string of the molecule is CC1=NN(c2ccccc2)C(=O)[C@@H]1C(=O)OCC(F)(F)F. The molecule has 8 heteroatoms. The number of carbonyl (C=O) groups is 2. The molecule has 0 radical (unpaired) electrons. The second-order valence-electron chi connectivity index (χ2n) is 4.38. The zero-order chi connectivity index (χ0) is 15.6. The average Bonchev–Trinajstić information content (AvgIpc) is 2.72. The van der Waals surface area contributed by atoms with Crippen LogP contribution < -0.4 is 5.01 Å². The van der Waals surface area contributed by atoms with Crippen LogP contribution in [-0.2, 0) is 14.3 Å². The number of benzene rings is 1. The molecule has 1 aromatic rings. The third-order valence-corrected chi connectivity index (χ3v) is 2.75. The van der Waals surface area contributed by atoms with Crippen LogP contribution in [0.25, 0.3) is 0 Å². The van der Waals surface area contributed by atoms with Gasteiger partial charge in [0.1, 0.15) is 0 Å². The Kier molecular flexibility index (Phi) is 3.97. The minimum absolute atomic E-state index is 0.0935. The van der Waals surface area contributed by atoms with Crippen molar-refractivity contribution in [2.24, 2.45) is 11.0 Å². The largest absolute Gasteiger partial charge is 0.455 e. The van der Waals surface area contributed by atoms with Gasteiger partial charge in [0.05, 0.1) is 11.4 Å². The van der Waals surface area contributed by atoms with Crippen molar-refractivity contribution >= 4 is 23.3 Å². The Labute approximate surface area is 118 Å². The summed E-state index contributed by atoms with van der Waals surface area (Å²) in [6.07, 6.45) is -4.64. The Hall–Kier alpha value is -2.38. The molecule has 1 amide bonds. The van der Waals surface area contributed by atoms with Gasteiger partial charge in [-0.2, -0.15) is 23.3 Å². The number of anilines is 1. The fourth-order valence-electron chi connectivity index (χ4n) is 1.83. The minimum atomic E-state index is -4.64. The maximum atomic E-state index is 12.1. The van der Waals surface area contributed by atoms with E-state index in [-0.39, 0.29) is 5.71 Å². The molecule has 112 valence electrons. The number of rotatable bonds is 3. The topological polar surface area (TPSA) is 59.0 Å². The Bertz CT molecular complexity index is 584. The summed E-state index contributed by atoms with van der Waals surface area (Å²) < 4.78 is 40.2. The van der Waals surface area contributed by atoms with Crippen LogP contribution in [0.4, 0.5) is 18.9 Å². The van der Waals surface area contributed by atoms with Gasteiger partial charge in [-0.05, 0) is 19.1 Å². The molecule has 0 spiro atoms. The summed E-state index contributed by atoms with van der Waals surface area (Å²) >= 11 is 0. The molecule has 0 aromatic heterocycles. The predicted octanol–water partition coefficient (Wildman–Crippen LogP) is 2.13. The number of para-hydroxylation sites is 1. The summed E-state index contributed by atoms with van der Waals surface area (Å²) in [6.45, 7) is -0.339. The number of esters is 1. The first-order valence-corrected chi connectivity index (χ1v) is 5.97. The monoisotopic (exact) mass is 300 g/mol. The second kappa shape index (κ2) is 5.55. The maximum Gasteiger partial charge on any atom is 0.422 e. The van der Waals surface area contributed by atoms with Crippen molar-refractivity contribution in [2.75, 3.05) is 11.6 Å². The highest BCUT2D eigenvalue weighted by Gasteiger charge is 2.42. The van der Waals surface area contributed by atoms with Crippen LogP contribution in [-0.4, -0.2) is 30.4 Å². The standard InChI is InChI=1S/C13H11F3N2O3/c1-8-10(12(20)21-7-13(14,15)16)11(19)18(17-8)9-5-3-2-4-6-9/h2-6,10H,7H2,1H3/t10-/m1/s1. The van der Waals surface area contributed by atoms with Crippen molar-refractivity contribution in [3.63, 3.8) is 0 Å². The van der Waals surface area contributed by atoms with E-state index in [1.807, 2.05) is 0 Å². The van der Waals surface area contributed by atoms with Crippen molar-refractivity contribution in [3.8, 4) is 0 Å². The van der Waals surface area contributed by atoms with Crippen LogP contribution in [0.15, 0.2) is 35.4 Å². The molecule has 0 saturated heterocycles. The van der Waals surface area contributed by atoms with E-state index < -0.39 is 30.6 Å². The van der Waals surface area contributed by atoms with Gasteiger partial charge in [-0.15, -0.1) is 0 Å². The summed E-state index contributed by atoms with van der Waals surface area (Å²) in [4.78, 5) is 23.8. The molecule has 1 heterocycles. The molecule has 0 unspecified atom stereocenters. The number of halogens is 3. The molecule has 5 nitrogen and oxygen atoms in total. The molecular weight excluding hydrogens is 289 g/mol. The quantitative estimate of drug-likeness (QED) is 0.634. The lowest BCUT2D eigenvalue weighted by Crippen LogP contribution is -2.35. The zero-order valence-corrected chi connectivity index (χ0v) is 10.9. The fourth-order valence-corrected chi connectivity index (χ4v) is 1.83. The van der Waals surface area contributed by atoms with E-state index in [1.54, 1.807) is 30.3 Å². The van der Waals surface area contributed by atoms with Crippen LogP contribution in [0.2, 0.25) is 0 Å². The fraction of sp³-hybridized carbons (Fsp3) is 0.308. The van der Waals surface area contributed by atoms with Crippen LogP contribution in [0.5, 0.6) is 0 Å². The number of carbonyl (C=O) groups excluding carboxylic acids is 2. The van der Waals surface area contributed by atoms with Crippen molar-refractivity contribution in [3.05, 3.63) is 30.3 Å². The summed E-state index contributed by atoms with van der Waals surface area (Å²) in [5.41, 5.74) is 0.518. The van der Waals surface area contributed by atoms with Crippen molar-refractivity contribution < 1.29 is 27.5 Å². The van der Waals surface area contributed by atoms with Gasteiger partial charge in [-0.3, -0.25) is 9.59 Å². The first-order valence-electron chi connectivity index (χ1n) is 5.97. The molecule has 1 aliphatic rings. The number of nitrogens with zero attached hydrogens (tertiary/aromatic N) is 2. The summed E-state index contributed by atoms with van der Waals surface area (Å²) in [6, 6.07) is 8.26. The lowest BCUT2D eigenvalue weighted by Gasteiger charge is -2.14. The van der Waals surface area contributed by atoms with Crippen molar-refractivity contribution in [1.82, 2.24) is 0 Å². The Balaban J connectivity index is 2.12. The maximum absolute atomic E-state index is 12.1. The Morgan fingerprint density at radius 1 is 1.33 bits per heavy atom. The molecule has 1 aromatic carbocycles. The summed E-state index contributed by atoms with van der Waals surface area (Å²) in [5, 5.41) is 4.89. The average molecular weight is 300 g/mol. The van der Waals surface area contributed by atoms with Crippen LogP contribution in [0.3, 0.4) is 0 Å². The third-order valence-electron chi connectivity index (χ3n) is 2.75. The van der Waals surface area contributed by atoms with Crippen molar-refractivity contribution in [1.29, 1.82) is 0 Å². The smallest absolute Gasteiger partial charge is 0.422 e. The van der Waals surface area contributed by atoms with Gasteiger partial charge in [0.2, 0.25) is 0 Å². The highest BCUT2D eigenvalue weighted by Crippen LogP contribution is 2.25. The predicted molar refractivity (Wildman–Crippen MR) is 67.5 cm³/mol. The van der Waals surface area contributed by atoms with Gasteiger partial charge in [0.15, 0.2) is 12.5 Å². The number of hydrogen-bond acceptors (Lipinski definition) is 4. The molecule has 0 N–H and O–H groups in total. The molecule has 1 aliphatic heterocycles. The van der Waals surface area contributed by atoms with Gasteiger partial charge in [-0.25, -0.2) is 0 Å². The molecule has 0 aliphatic carbocycles. The molecule has 0 saturated carbocycles. The summed E-state index contributed by atoms with van der Waals surface area (Å²) in [5.74, 6) is -3.42. The number of ether oxygens (including phenoxy) is 1.